The van der Waals surface area contributed by atoms with Crippen LogP contribution >= 0.6 is 11.6 Å². The fourth-order valence-corrected chi connectivity index (χ4v) is 2.42. The van der Waals surface area contributed by atoms with Gasteiger partial charge in [-0.25, -0.2) is 0 Å². The molecule has 1 amide bonds. The van der Waals surface area contributed by atoms with Crippen LogP contribution in [0.3, 0.4) is 0 Å². The molecule has 1 N–H and O–H groups in total. The summed E-state index contributed by atoms with van der Waals surface area (Å²) in [5, 5.41) is 3.96. The van der Waals surface area contributed by atoms with E-state index >= 15 is 0 Å². The molecule has 0 saturated carbocycles. The van der Waals surface area contributed by atoms with Gasteiger partial charge < -0.3 is 10.2 Å². The van der Waals surface area contributed by atoms with Crippen LogP contribution in [-0.4, -0.2) is 30.4 Å². The molecule has 2 atom stereocenters. The number of rotatable bonds is 3. The maximum absolute atomic E-state index is 12.3. The lowest BCUT2D eigenvalue weighted by molar-refractivity contribution is -0.133. The summed E-state index contributed by atoms with van der Waals surface area (Å²) in [6.07, 6.45) is 2.02. The van der Waals surface area contributed by atoms with Crippen LogP contribution in [0.1, 0.15) is 31.4 Å². The van der Waals surface area contributed by atoms with E-state index in [1.54, 1.807) is 0 Å². The lowest BCUT2D eigenvalue weighted by Gasteiger charge is -2.28. The Bertz CT molecular complexity index is 412. The summed E-state index contributed by atoms with van der Waals surface area (Å²) in [4.78, 5) is 14.1. The molecule has 1 aromatic carbocycles. The van der Waals surface area contributed by atoms with E-state index in [2.05, 4.69) is 5.32 Å². The van der Waals surface area contributed by atoms with Crippen LogP contribution in [0.25, 0.3) is 0 Å². The summed E-state index contributed by atoms with van der Waals surface area (Å²) in [6.45, 7) is 2.98. The highest BCUT2D eigenvalue weighted by Crippen LogP contribution is 2.22. The van der Waals surface area contributed by atoms with Crippen molar-refractivity contribution in [2.24, 2.45) is 0 Å². The SMILES string of the molecule is CC(c1ccc(Cl)cc1)N(C)C(=O)C1CCCN1. The van der Waals surface area contributed by atoms with Gasteiger partial charge in [-0.2, -0.15) is 0 Å². The van der Waals surface area contributed by atoms with Crippen molar-refractivity contribution in [3.63, 3.8) is 0 Å². The van der Waals surface area contributed by atoms with E-state index in [0.29, 0.717) is 0 Å². The number of hydrogen-bond acceptors (Lipinski definition) is 2. The number of halogens is 1. The summed E-state index contributed by atoms with van der Waals surface area (Å²) in [5.41, 5.74) is 1.10. The highest BCUT2D eigenvalue weighted by Gasteiger charge is 2.27. The zero-order chi connectivity index (χ0) is 13.1. The summed E-state index contributed by atoms with van der Waals surface area (Å²) in [7, 11) is 1.86. The number of benzene rings is 1. The van der Waals surface area contributed by atoms with Gasteiger partial charge in [0, 0.05) is 12.1 Å². The molecular formula is C14H19ClN2O. The Labute approximate surface area is 113 Å². The minimum Gasteiger partial charge on any atom is -0.338 e. The average Bonchev–Trinajstić information content (AvgIpc) is 2.91. The number of nitrogens with one attached hydrogen (secondary N) is 1. The van der Waals surface area contributed by atoms with Crippen LogP contribution in [-0.2, 0) is 4.79 Å². The first-order valence-corrected chi connectivity index (χ1v) is 6.73. The van der Waals surface area contributed by atoms with Gasteiger partial charge in [-0.1, -0.05) is 23.7 Å². The summed E-state index contributed by atoms with van der Waals surface area (Å²) in [6, 6.07) is 7.72. The Morgan fingerprint density at radius 1 is 1.44 bits per heavy atom. The van der Waals surface area contributed by atoms with Crippen LogP contribution in [0.2, 0.25) is 5.02 Å². The van der Waals surface area contributed by atoms with Crippen molar-refractivity contribution in [3.05, 3.63) is 34.9 Å². The van der Waals surface area contributed by atoms with Gasteiger partial charge in [-0.15, -0.1) is 0 Å². The van der Waals surface area contributed by atoms with Crippen molar-refractivity contribution < 1.29 is 4.79 Å². The second-order valence-electron chi connectivity index (χ2n) is 4.83. The van der Waals surface area contributed by atoms with Gasteiger partial charge >= 0.3 is 0 Å². The van der Waals surface area contributed by atoms with Gasteiger partial charge in [0.15, 0.2) is 0 Å². The van der Waals surface area contributed by atoms with Crippen LogP contribution in [0.15, 0.2) is 24.3 Å². The molecule has 2 rings (SSSR count). The molecule has 1 heterocycles. The van der Waals surface area contributed by atoms with E-state index in [0.717, 1.165) is 30.0 Å². The standard InChI is InChI=1S/C14H19ClN2O/c1-10(11-5-7-12(15)8-6-11)17(2)14(18)13-4-3-9-16-13/h5-8,10,13,16H,3-4,9H2,1-2H3. The Morgan fingerprint density at radius 2 is 2.11 bits per heavy atom. The number of likely N-dealkylation sites (N-methyl/N-ethyl adjacent to an activating group) is 1. The third-order valence-corrected chi connectivity index (χ3v) is 3.89. The van der Waals surface area contributed by atoms with E-state index in [1.165, 1.54) is 0 Å². The predicted octanol–water partition coefficient (Wildman–Crippen LogP) is 2.61. The summed E-state index contributed by atoms with van der Waals surface area (Å²) >= 11 is 5.87. The van der Waals surface area contributed by atoms with Gasteiger partial charge in [0.1, 0.15) is 0 Å². The first-order chi connectivity index (χ1) is 8.59. The van der Waals surface area contributed by atoms with E-state index in [9.17, 15) is 4.79 Å². The molecule has 1 fully saturated rings. The third-order valence-electron chi connectivity index (χ3n) is 3.64. The molecule has 3 nitrogen and oxygen atoms in total. The maximum Gasteiger partial charge on any atom is 0.239 e. The van der Waals surface area contributed by atoms with E-state index in [1.807, 2.05) is 43.1 Å². The van der Waals surface area contributed by atoms with Crippen molar-refractivity contribution in [1.82, 2.24) is 10.2 Å². The molecule has 1 aromatic rings. The van der Waals surface area contributed by atoms with Gasteiger partial charge in [-0.3, -0.25) is 4.79 Å². The average molecular weight is 267 g/mol. The molecule has 0 radical (unpaired) electrons. The fraction of sp³-hybridized carbons (Fsp3) is 0.500. The van der Waals surface area contributed by atoms with Crippen molar-refractivity contribution in [3.8, 4) is 0 Å². The molecule has 98 valence electrons. The Morgan fingerprint density at radius 3 is 2.67 bits per heavy atom. The third kappa shape index (κ3) is 2.85. The molecule has 2 unspecified atom stereocenters. The maximum atomic E-state index is 12.3. The fourth-order valence-electron chi connectivity index (χ4n) is 2.30. The molecule has 0 aliphatic carbocycles. The van der Waals surface area contributed by atoms with E-state index < -0.39 is 0 Å². The van der Waals surface area contributed by atoms with Crippen molar-refractivity contribution in [2.45, 2.75) is 31.8 Å². The minimum absolute atomic E-state index is 0.00949. The molecule has 0 spiro atoms. The Balaban J connectivity index is 2.05. The van der Waals surface area contributed by atoms with Crippen molar-refractivity contribution in [1.29, 1.82) is 0 Å². The van der Waals surface area contributed by atoms with E-state index in [4.69, 9.17) is 11.6 Å². The first-order valence-electron chi connectivity index (χ1n) is 6.35. The summed E-state index contributed by atoms with van der Waals surface area (Å²) < 4.78 is 0. The van der Waals surface area contributed by atoms with Gasteiger partial charge in [-0.05, 0) is 44.0 Å². The highest BCUT2D eigenvalue weighted by molar-refractivity contribution is 6.30. The second kappa shape index (κ2) is 5.72. The zero-order valence-corrected chi connectivity index (χ0v) is 11.6. The molecule has 1 aliphatic heterocycles. The number of amides is 1. The predicted molar refractivity (Wildman–Crippen MR) is 73.7 cm³/mol. The van der Waals surface area contributed by atoms with Gasteiger partial charge in [0.05, 0.1) is 12.1 Å². The number of hydrogen-bond donors (Lipinski definition) is 1. The number of nitrogens with zero attached hydrogens (tertiary/aromatic N) is 1. The zero-order valence-electron chi connectivity index (χ0n) is 10.8. The lowest BCUT2D eigenvalue weighted by atomic mass is 10.1. The highest BCUT2D eigenvalue weighted by atomic mass is 35.5. The van der Waals surface area contributed by atoms with Crippen LogP contribution in [0.4, 0.5) is 0 Å². The minimum atomic E-state index is -0.00949. The normalized spacial score (nSPS) is 20.7. The quantitative estimate of drug-likeness (QED) is 0.912. The topological polar surface area (TPSA) is 32.3 Å². The Kier molecular flexibility index (Phi) is 4.25. The van der Waals surface area contributed by atoms with Crippen molar-refractivity contribution in [2.75, 3.05) is 13.6 Å². The molecule has 1 saturated heterocycles. The summed E-state index contributed by atoms with van der Waals surface area (Å²) in [5.74, 6) is 0.176. The largest absolute Gasteiger partial charge is 0.338 e. The van der Waals surface area contributed by atoms with E-state index in [-0.39, 0.29) is 18.0 Å². The van der Waals surface area contributed by atoms with Crippen molar-refractivity contribution >= 4 is 17.5 Å². The number of carbonyl (C=O) groups excluding carboxylic acids is 1. The lowest BCUT2D eigenvalue weighted by Crippen LogP contribution is -2.42. The molecule has 4 heteroatoms. The molecular weight excluding hydrogens is 248 g/mol. The first kappa shape index (κ1) is 13.4. The molecule has 1 aliphatic rings. The van der Waals surface area contributed by atoms with Gasteiger partial charge in [0.2, 0.25) is 5.91 Å². The molecule has 0 bridgehead atoms. The van der Waals surface area contributed by atoms with Crippen LogP contribution in [0, 0.1) is 0 Å². The Hall–Kier alpha value is -1.06. The molecule has 18 heavy (non-hydrogen) atoms. The van der Waals surface area contributed by atoms with Gasteiger partial charge in [0.25, 0.3) is 0 Å². The van der Waals surface area contributed by atoms with Crippen LogP contribution in [0.5, 0.6) is 0 Å². The monoisotopic (exact) mass is 266 g/mol. The molecule has 0 aromatic heterocycles. The second-order valence-corrected chi connectivity index (χ2v) is 5.26. The van der Waals surface area contributed by atoms with Crippen LogP contribution < -0.4 is 5.32 Å². The number of carbonyl (C=O) groups is 1. The smallest absolute Gasteiger partial charge is 0.239 e.